The molecule has 0 atom stereocenters. The van der Waals surface area contributed by atoms with Crippen LogP contribution in [0.15, 0.2) is 36.2 Å². The van der Waals surface area contributed by atoms with E-state index < -0.39 is 0 Å². The third-order valence-electron chi connectivity index (χ3n) is 2.93. The summed E-state index contributed by atoms with van der Waals surface area (Å²) in [6, 6.07) is 6.98. The average Bonchev–Trinajstić information content (AvgIpc) is 2.55. The van der Waals surface area contributed by atoms with Crippen molar-refractivity contribution in [3.8, 4) is 0 Å². The van der Waals surface area contributed by atoms with Crippen LogP contribution in [-0.2, 0) is 4.79 Å². The molecule has 0 saturated carbocycles. The molecule has 1 saturated heterocycles. The first-order chi connectivity index (χ1) is 8.91. The van der Waals surface area contributed by atoms with Gasteiger partial charge in [0.15, 0.2) is 0 Å². The number of rotatable bonds is 2. The smallest absolute Gasteiger partial charge is 0.336 e. The van der Waals surface area contributed by atoms with E-state index in [1.807, 2.05) is 33.2 Å². The molecule has 1 aliphatic rings. The van der Waals surface area contributed by atoms with Crippen molar-refractivity contribution in [1.29, 1.82) is 0 Å². The van der Waals surface area contributed by atoms with Gasteiger partial charge in [-0.05, 0) is 19.1 Å². The Morgan fingerprint density at radius 1 is 1.11 bits per heavy atom. The number of benzene rings is 1. The SMILES string of the molecule is Cc1ccc(N2C(=O)C(=CN(C)C)N(C)C2=O)cc1. The van der Waals surface area contributed by atoms with Gasteiger partial charge in [0.25, 0.3) is 5.91 Å². The summed E-state index contributed by atoms with van der Waals surface area (Å²) in [6.07, 6.45) is 1.65. The summed E-state index contributed by atoms with van der Waals surface area (Å²) in [5, 5.41) is 0. The number of nitrogens with zero attached hydrogens (tertiary/aromatic N) is 3. The fourth-order valence-corrected chi connectivity index (χ4v) is 1.91. The molecule has 0 aliphatic carbocycles. The van der Waals surface area contributed by atoms with Gasteiger partial charge in [0.05, 0.1) is 5.69 Å². The molecular formula is C14H17N3O2. The van der Waals surface area contributed by atoms with Crippen LogP contribution in [0.4, 0.5) is 10.5 Å². The van der Waals surface area contributed by atoms with Gasteiger partial charge in [-0.25, -0.2) is 9.69 Å². The molecular weight excluding hydrogens is 242 g/mol. The number of hydrogen-bond donors (Lipinski definition) is 0. The van der Waals surface area contributed by atoms with Gasteiger partial charge in [0, 0.05) is 27.3 Å². The van der Waals surface area contributed by atoms with E-state index in [0.29, 0.717) is 11.4 Å². The Morgan fingerprint density at radius 2 is 1.68 bits per heavy atom. The van der Waals surface area contributed by atoms with E-state index in [1.54, 1.807) is 30.3 Å². The van der Waals surface area contributed by atoms with Gasteiger partial charge in [-0.2, -0.15) is 0 Å². The molecule has 3 amide bonds. The van der Waals surface area contributed by atoms with Gasteiger partial charge in [-0.15, -0.1) is 0 Å². The van der Waals surface area contributed by atoms with Crippen LogP contribution in [-0.4, -0.2) is 42.9 Å². The van der Waals surface area contributed by atoms with E-state index in [4.69, 9.17) is 0 Å². The summed E-state index contributed by atoms with van der Waals surface area (Å²) in [6.45, 7) is 1.96. The Bertz CT molecular complexity index is 546. The highest BCUT2D eigenvalue weighted by Crippen LogP contribution is 2.26. The third kappa shape index (κ3) is 2.31. The standard InChI is InChI=1S/C14H17N3O2/c1-10-5-7-11(8-6-10)17-13(18)12(9-15(2)3)16(4)14(17)19/h5-9H,1-4H3. The summed E-state index contributed by atoms with van der Waals surface area (Å²) in [7, 11) is 5.23. The van der Waals surface area contributed by atoms with E-state index in [2.05, 4.69) is 0 Å². The lowest BCUT2D eigenvalue weighted by atomic mass is 10.2. The molecule has 100 valence electrons. The Morgan fingerprint density at radius 3 is 2.21 bits per heavy atom. The zero-order valence-electron chi connectivity index (χ0n) is 11.5. The summed E-state index contributed by atoms with van der Waals surface area (Å²) in [5.74, 6) is -0.301. The van der Waals surface area contributed by atoms with Gasteiger partial charge in [-0.1, -0.05) is 17.7 Å². The topological polar surface area (TPSA) is 43.9 Å². The molecule has 19 heavy (non-hydrogen) atoms. The van der Waals surface area contributed by atoms with Crippen LogP contribution in [0.3, 0.4) is 0 Å². The number of carbonyl (C=O) groups excluding carboxylic acids is 2. The normalized spacial score (nSPS) is 17.6. The van der Waals surface area contributed by atoms with Crippen molar-refractivity contribution in [2.75, 3.05) is 26.0 Å². The van der Waals surface area contributed by atoms with Crippen LogP contribution in [0, 0.1) is 6.92 Å². The summed E-state index contributed by atoms with van der Waals surface area (Å²) in [4.78, 5) is 28.8. The molecule has 1 heterocycles. The minimum Gasteiger partial charge on any atom is -0.382 e. The third-order valence-corrected chi connectivity index (χ3v) is 2.93. The first-order valence-electron chi connectivity index (χ1n) is 5.99. The Kier molecular flexibility index (Phi) is 3.29. The average molecular weight is 259 g/mol. The highest BCUT2D eigenvalue weighted by Gasteiger charge is 2.39. The molecule has 5 heteroatoms. The number of aryl methyl sites for hydroxylation is 1. The molecule has 2 rings (SSSR count). The number of urea groups is 1. The second-order valence-electron chi connectivity index (χ2n) is 4.80. The van der Waals surface area contributed by atoms with Crippen molar-refractivity contribution in [2.45, 2.75) is 6.92 Å². The van der Waals surface area contributed by atoms with Crippen molar-refractivity contribution in [1.82, 2.24) is 9.80 Å². The Labute approximate surface area is 112 Å². The molecule has 1 aromatic rings. The van der Waals surface area contributed by atoms with Gasteiger partial charge in [-0.3, -0.25) is 9.69 Å². The number of hydrogen-bond acceptors (Lipinski definition) is 3. The predicted molar refractivity (Wildman–Crippen MR) is 73.6 cm³/mol. The monoisotopic (exact) mass is 259 g/mol. The van der Waals surface area contributed by atoms with Crippen LogP contribution in [0.2, 0.25) is 0 Å². The van der Waals surface area contributed by atoms with Crippen molar-refractivity contribution in [2.24, 2.45) is 0 Å². The molecule has 0 spiro atoms. The van der Waals surface area contributed by atoms with Gasteiger partial charge in [0.2, 0.25) is 0 Å². The fraction of sp³-hybridized carbons (Fsp3) is 0.286. The molecule has 5 nitrogen and oxygen atoms in total. The minimum absolute atomic E-state index is 0.301. The van der Waals surface area contributed by atoms with Gasteiger partial charge >= 0.3 is 6.03 Å². The predicted octanol–water partition coefficient (Wildman–Crippen LogP) is 1.80. The molecule has 0 radical (unpaired) electrons. The van der Waals surface area contributed by atoms with Crippen molar-refractivity contribution in [3.63, 3.8) is 0 Å². The van der Waals surface area contributed by atoms with Crippen molar-refractivity contribution >= 4 is 17.6 Å². The van der Waals surface area contributed by atoms with Gasteiger partial charge < -0.3 is 4.90 Å². The quantitative estimate of drug-likeness (QED) is 0.601. The first kappa shape index (κ1) is 13.1. The van der Waals surface area contributed by atoms with Crippen LogP contribution in [0.5, 0.6) is 0 Å². The molecule has 1 fully saturated rings. The molecule has 0 unspecified atom stereocenters. The highest BCUT2D eigenvalue weighted by molar-refractivity contribution is 6.26. The largest absolute Gasteiger partial charge is 0.382 e. The van der Waals surface area contributed by atoms with Crippen molar-refractivity contribution < 1.29 is 9.59 Å². The highest BCUT2D eigenvalue weighted by atomic mass is 16.2. The van der Waals surface area contributed by atoms with E-state index in [9.17, 15) is 9.59 Å². The molecule has 1 aliphatic heterocycles. The number of imide groups is 1. The van der Waals surface area contributed by atoms with Crippen LogP contribution in [0.1, 0.15) is 5.56 Å². The van der Waals surface area contributed by atoms with E-state index in [0.717, 1.165) is 5.56 Å². The number of carbonyl (C=O) groups is 2. The minimum atomic E-state index is -0.332. The maximum atomic E-state index is 12.3. The van der Waals surface area contributed by atoms with Crippen LogP contribution < -0.4 is 4.90 Å². The van der Waals surface area contributed by atoms with E-state index in [-0.39, 0.29) is 11.9 Å². The lowest BCUT2D eigenvalue weighted by Gasteiger charge is -2.13. The molecule has 0 aromatic heterocycles. The first-order valence-corrected chi connectivity index (χ1v) is 5.99. The Balaban J connectivity index is 2.40. The zero-order chi connectivity index (χ0) is 14.2. The fourth-order valence-electron chi connectivity index (χ4n) is 1.91. The lowest BCUT2D eigenvalue weighted by molar-refractivity contribution is -0.114. The molecule has 1 aromatic carbocycles. The second-order valence-corrected chi connectivity index (χ2v) is 4.80. The maximum absolute atomic E-state index is 12.3. The Hall–Kier alpha value is -2.30. The van der Waals surface area contributed by atoms with E-state index in [1.165, 1.54) is 9.80 Å². The number of likely N-dealkylation sites (N-methyl/N-ethyl adjacent to an activating group) is 1. The van der Waals surface area contributed by atoms with E-state index >= 15 is 0 Å². The van der Waals surface area contributed by atoms with Crippen LogP contribution >= 0.6 is 0 Å². The summed E-state index contributed by atoms with van der Waals surface area (Å²) < 4.78 is 0. The van der Waals surface area contributed by atoms with Crippen LogP contribution in [0.25, 0.3) is 0 Å². The molecule has 0 bridgehead atoms. The molecule has 0 N–H and O–H groups in total. The number of anilines is 1. The summed E-state index contributed by atoms with van der Waals surface area (Å²) >= 11 is 0. The maximum Gasteiger partial charge on any atom is 0.336 e. The number of amides is 3. The second kappa shape index (κ2) is 4.76. The van der Waals surface area contributed by atoms with Gasteiger partial charge in [0.1, 0.15) is 5.70 Å². The van der Waals surface area contributed by atoms with Crippen molar-refractivity contribution in [3.05, 3.63) is 41.7 Å². The zero-order valence-corrected chi connectivity index (χ0v) is 11.5. The lowest BCUT2D eigenvalue weighted by Crippen LogP contribution is -2.31. The summed E-state index contributed by atoms with van der Waals surface area (Å²) in [5.41, 5.74) is 2.05.